The van der Waals surface area contributed by atoms with E-state index in [4.69, 9.17) is 4.74 Å². The molecule has 1 saturated heterocycles. The van der Waals surface area contributed by atoms with Gasteiger partial charge in [-0.15, -0.1) is 6.58 Å². The van der Waals surface area contributed by atoms with Crippen LogP contribution in [-0.2, 0) is 9.53 Å². The highest BCUT2D eigenvalue weighted by molar-refractivity contribution is 5.76. The van der Waals surface area contributed by atoms with Crippen molar-refractivity contribution < 1.29 is 9.53 Å². The zero-order valence-corrected chi connectivity index (χ0v) is 13.0. The summed E-state index contributed by atoms with van der Waals surface area (Å²) in [6.45, 7) is 9.21. The van der Waals surface area contributed by atoms with Gasteiger partial charge in [-0.05, 0) is 44.7 Å². The molecular formula is C18H25NO2. The second-order valence-corrected chi connectivity index (χ2v) is 5.59. The third kappa shape index (κ3) is 3.53. The predicted octanol–water partition coefficient (Wildman–Crippen LogP) is 3.58. The maximum atomic E-state index is 12.4. The molecule has 1 aromatic rings. The van der Waals surface area contributed by atoms with Crippen molar-refractivity contribution in [2.24, 2.45) is 5.92 Å². The average Bonchev–Trinajstić information content (AvgIpc) is 2.92. The Labute approximate surface area is 127 Å². The molecule has 1 aliphatic heterocycles. The van der Waals surface area contributed by atoms with Crippen molar-refractivity contribution in [3.8, 4) is 0 Å². The Hall–Kier alpha value is -1.61. The number of likely N-dealkylation sites (tertiary alicyclic amines) is 1. The third-order valence-electron chi connectivity index (χ3n) is 4.34. The van der Waals surface area contributed by atoms with Gasteiger partial charge in [-0.1, -0.05) is 36.4 Å². The minimum Gasteiger partial charge on any atom is -0.465 e. The maximum absolute atomic E-state index is 12.4. The number of esters is 1. The van der Waals surface area contributed by atoms with E-state index in [1.165, 1.54) is 5.56 Å². The number of nitrogens with zero attached hydrogens (tertiary/aromatic N) is 1. The summed E-state index contributed by atoms with van der Waals surface area (Å²) in [6.07, 6.45) is 3.79. The van der Waals surface area contributed by atoms with E-state index >= 15 is 0 Å². The van der Waals surface area contributed by atoms with E-state index in [1.807, 2.05) is 31.2 Å². The van der Waals surface area contributed by atoms with Crippen LogP contribution in [0.25, 0.3) is 0 Å². The molecule has 0 amide bonds. The van der Waals surface area contributed by atoms with Gasteiger partial charge in [0.25, 0.3) is 0 Å². The van der Waals surface area contributed by atoms with E-state index in [2.05, 4.69) is 30.5 Å². The number of hydrogen-bond donors (Lipinski definition) is 0. The van der Waals surface area contributed by atoms with E-state index in [0.29, 0.717) is 12.5 Å². The minimum absolute atomic E-state index is 0.0929. The first-order chi connectivity index (χ1) is 10.2. The fourth-order valence-electron chi connectivity index (χ4n) is 3.26. The fraction of sp³-hybridized carbons (Fsp3) is 0.500. The summed E-state index contributed by atoms with van der Waals surface area (Å²) in [5.74, 6) is 0.220. The van der Waals surface area contributed by atoms with E-state index in [-0.39, 0.29) is 18.1 Å². The molecule has 3 nitrogen and oxygen atoms in total. The molecule has 3 atom stereocenters. The monoisotopic (exact) mass is 287 g/mol. The van der Waals surface area contributed by atoms with Gasteiger partial charge in [0.05, 0.1) is 6.61 Å². The molecule has 0 aliphatic carbocycles. The Morgan fingerprint density at radius 2 is 2.19 bits per heavy atom. The normalized spacial score (nSPS) is 23.7. The van der Waals surface area contributed by atoms with Crippen LogP contribution >= 0.6 is 0 Å². The summed E-state index contributed by atoms with van der Waals surface area (Å²) in [5.41, 5.74) is 1.24. The summed E-state index contributed by atoms with van der Waals surface area (Å²) in [6, 6.07) is 10.4. The highest BCUT2D eigenvalue weighted by Gasteiger charge is 2.41. The van der Waals surface area contributed by atoms with Crippen LogP contribution in [0.4, 0.5) is 0 Å². The minimum atomic E-state index is -0.154. The molecule has 1 fully saturated rings. The van der Waals surface area contributed by atoms with Crippen molar-refractivity contribution in [2.45, 2.75) is 38.8 Å². The van der Waals surface area contributed by atoms with Gasteiger partial charge in [0.1, 0.15) is 6.04 Å². The lowest BCUT2D eigenvalue weighted by Gasteiger charge is -2.31. The number of hydrogen-bond acceptors (Lipinski definition) is 3. The number of carbonyl (C=O) groups is 1. The highest BCUT2D eigenvalue weighted by atomic mass is 16.5. The Morgan fingerprint density at radius 3 is 2.81 bits per heavy atom. The van der Waals surface area contributed by atoms with Gasteiger partial charge in [0, 0.05) is 6.04 Å². The average molecular weight is 287 g/mol. The molecule has 114 valence electrons. The molecule has 3 heteroatoms. The highest BCUT2D eigenvalue weighted by Crippen LogP contribution is 2.35. The quantitative estimate of drug-likeness (QED) is 0.591. The molecule has 0 unspecified atom stereocenters. The van der Waals surface area contributed by atoms with Crippen LogP contribution in [0.3, 0.4) is 0 Å². The molecule has 0 bridgehead atoms. The first-order valence-corrected chi connectivity index (χ1v) is 7.77. The van der Waals surface area contributed by atoms with Gasteiger partial charge in [0.15, 0.2) is 0 Å². The van der Waals surface area contributed by atoms with Gasteiger partial charge in [0.2, 0.25) is 0 Å². The smallest absolute Gasteiger partial charge is 0.323 e. The molecule has 0 spiro atoms. The van der Waals surface area contributed by atoms with Crippen LogP contribution in [-0.4, -0.2) is 30.1 Å². The molecular weight excluding hydrogens is 262 g/mol. The Kier molecular flexibility index (Phi) is 5.57. The summed E-state index contributed by atoms with van der Waals surface area (Å²) >= 11 is 0. The van der Waals surface area contributed by atoms with Crippen molar-refractivity contribution >= 4 is 5.97 Å². The number of ether oxygens (including phenoxy) is 1. The summed E-state index contributed by atoms with van der Waals surface area (Å²) in [4.78, 5) is 14.7. The lowest BCUT2D eigenvalue weighted by Crippen LogP contribution is -2.42. The van der Waals surface area contributed by atoms with Gasteiger partial charge in [-0.3, -0.25) is 9.69 Å². The maximum Gasteiger partial charge on any atom is 0.323 e. The van der Waals surface area contributed by atoms with Gasteiger partial charge >= 0.3 is 5.97 Å². The van der Waals surface area contributed by atoms with Crippen LogP contribution in [0.2, 0.25) is 0 Å². The zero-order chi connectivity index (χ0) is 15.2. The van der Waals surface area contributed by atoms with Gasteiger partial charge in [-0.25, -0.2) is 0 Å². The molecule has 21 heavy (non-hydrogen) atoms. The standard InChI is InChI=1S/C18H25NO2/c1-4-9-16-12-13-19(17(16)18(20)21-5-2)14(3)15-10-7-6-8-11-15/h4,6-8,10-11,14,16-17H,1,5,9,12-13H2,2-3H3/t14-,16-,17+/m0/s1. The number of allylic oxidation sites excluding steroid dienone is 1. The molecule has 0 radical (unpaired) electrons. The predicted molar refractivity (Wildman–Crippen MR) is 84.9 cm³/mol. The molecule has 0 saturated carbocycles. The van der Waals surface area contributed by atoms with Gasteiger partial charge in [-0.2, -0.15) is 0 Å². The van der Waals surface area contributed by atoms with Crippen LogP contribution in [0.15, 0.2) is 43.0 Å². The summed E-state index contributed by atoms with van der Waals surface area (Å²) in [5, 5.41) is 0. The first-order valence-electron chi connectivity index (χ1n) is 7.77. The fourth-order valence-corrected chi connectivity index (χ4v) is 3.26. The molecule has 1 aromatic carbocycles. The van der Waals surface area contributed by atoms with E-state index < -0.39 is 0 Å². The molecule has 1 aliphatic rings. The van der Waals surface area contributed by atoms with E-state index in [1.54, 1.807) is 0 Å². The Balaban J connectivity index is 2.20. The second kappa shape index (κ2) is 7.41. The first kappa shape index (κ1) is 15.8. The van der Waals surface area contributed by atoms with E-state index in [9.17, 15) is 4.79 Å². The molecule has 2 rings (SSSR count). The molecule has 1 heterocycles. The van der Waals surface area contributed by atoms with Crippen molar-refractivity contribution in [3.63, 3.8) is 0 Å². The largest absolute Gasteiger partial charge is 0.465 e. The Bertz CT molecular complexity index is 471. The van der Waals surface area contributed by atoms with Crippen molar-refractivity contribution in [3.05, 3.63) is 48.6 Å². The van der Waals surface area contributed by atoms with Crippen molar-refractivity contribution in [2.75, 3.05) is 13.2 Å². The summed E-state index contributed by atoms with van der Waals surface area (Å²) in [7, 11) is 0. The zero-order valence-electron chi connectivity index (χ0n) is 13.0. The lowest BCUT2D eigenvalue weighted by molar-refractivity contribution is -0.150. The van der Waals surface area contributed by atoms with Crippen molar-refractivity contribution in [1.82, 2.24) is 4.90 Å². The summed E-state index contributed by atoms with van der Waals surface area (Å²) < 4.78 is 5.30. The number of rotatable bonds is 6. The van der Waals surface area contributed by atoms with Crippen LogP contribution in [0.1, 0.15) is 38.3 Å². The van der Waals surface area contributed by atoms with Crippen molar-refractivity contribution in [1.29, 1.82) is 0 Å². The number of benzene rings is 1. The topological polar surface area (TPSA) is 29.5 Å². The van der Waals surface area contributed by atoms with Crippen LogP contribution in [0, 0.1) is 5.92 Å². The number of carbonyl (C=O) groups excluding carboxylic acids is 1. The SMILES string of the molecule is C=CC[C@H]1CCN([C@@H](C)c2ccccc2)[C@H]1C(=O)OCC. The third-order valence-corrected chi connectivity index (χ3v) is 4.34. The molecule has 0 aromatic heterocycles. The lowest BCUT2D eigenvalue weighted by atomic mass is 9.95. The second-order valence-electron chi connectivity index (χ2n) is 5.59. The van der Waals surface area contributed by atoms with Crippen LogP contribution in [0.5, 0.6) is 0 Å². The Morgan fingerprint density at radius 1 is 1.48 bits per heavy atom. The van der Waals surface area contributed by atoms with Crippen LogP contribution < -0.4 is 0 Å². The molecule has 0 N–H and O–H groups in total. The van der Waals surface area contributed by atoms with E-state index in [0.717, 1.165) is 19.4 Å². The van der Waals surface area contributed by atoms with Gasteiger partial charge < -0.3 is 4.74 Å².